The molecule has 1 aromatic rings. The van der Waals surface area contributed by atoms with Gasteiger partial charge in [0.15, 0.2) is 0 Å². The van der Waals surface area contributed by atoms with Crippen molar-refractivity contribution in [3.8, 4) is 0 Å². The van der Waals surface area contributed by atoms with Crippen molar-refractivity contribution in [2.24, 2.45) is 0 Å². The smallest absolute Gasteiger partial charge is 0.272 e. The van der Waals surface area contributed by atoms with Crippen LogP contribution in [0.2, 0.25) is 0 Å². The number of carbonyl (C=O) groups excluding carboxylic acids is 2. The average molecular weight is 251 g/mol. The van der Waals surface area contributed by atoms with Gasteiger partial charge in [-0.25, -0.2) is 4.98 Å². The Bertz CT molecular complexity index is 474. The standard InChI is InChI=1S/C12H14FN3O2/c1-16(7-11(17)14-8-5-6-8)12(18)9-3-2-4-10(13)15-9/h2-4,8H,5-7H2,1H3,(H,14,17). The lowest BCUT2D eigenvalue weighted by molar-refractivity contribution is -0.121. The summed E-state index contributed by atoms with van der Waals surface area (Å²) < 4.78 is 12.9. The minimum atomic E-state index is -0.711. The van der Waals surface area contributed by atoms with E-state index >= 15 is 0 Å². The summed E-state index contributed by atoms with van der Waals surface area (Å²) in [5.41, 5.74) is -0.00304. The van der Waals surface area contributed by atoms with Crippen molar-refractivity contribution in [1.82, 2.24) is 15.2 Å². The van der Waals surface area contributed by atoms with E-state index in [2.05, 4.69) is 10.3 Å². The number of aromatic nitrogens is 1. The Hall–Kier alpha value is -1.98. The van der Waals surface area contributed by atoms with Crippen molar-refractivity contribution in [3.63, 3.8) is 0 Å². The van der Waals surface area contributed by atoms with Crippen molar-refractivity contribution in [2.45, 2.75) is 18.9 Å². The highest BCUT2D eigenvalue weighted by Gasteiger charge is 2.24. The molecule has 1 aliphatic carbocycles. The lowest BCUT2D eigenvalue weighted by Crippen LogP contribution is -2.39. The number of likely N-dealkylation sites (N-methyl/N-ethyl adjacent to an activating group) is 1. The maximum absolute atomic E-state index is 12.9. The van der Waals surface area contributed by atoms with Gasteiger partial charge in [-0.2, -0.15) is 4.39 Å². The molecule has 0 bridgehead atoms. The summed E-state index contributed by atoms with van der Waals surface area (Å²) in [6.45, 7) is -0.0481. The lowest BCUT2D eigenvalue weighted by Gasteiger charge is -2.16. The average Bonchev–Trinajstić information content (AvgIpc) is 3.11. The molecule has 6 heteroatoms. The zero-order valence-electron chi connectivity index (χ0n) is 10.0. The van der Waals surface area contributed by atoms with Crippen molar-refractivity contribution in [1.29, 1.82) is 0 Å². The van der Waals surface area contributed by atoms with E-state index in [4.69, 9.17) is 0 Å². The Labute approximate surface area is 104 Å². The minimum Gasteiger partial charge on any atom is -0.352 e. The van der Waals surface area contributed by atoms with E-state index in [0.29, 0.717) is 0 Å². The van der Waals surface area contributed by atoms with Crippen molar-refractivity contribution in [3.05, 3.63) is 29.8 Å². The zero-order chi connectivity index (χ0) is 13.1. The molecular formula is C12H14FN3O2. The summed E-state index contributed by atoms with van der Waals surface area (Å²) in [4.78, 5) is 28.1. The first-order chi connectivity index (χ1) is 8.56. The monoisotopic (exact) mass is 251 g/mol. The number of hydrogen-bond donors (Lipinski definition) is 1. The molecule has 2 rings (SSSR count). The van der Waals surface area contributed by atoms with Crippen LogP contribution in [-0.4, -0.2) is 41.3 Å². The topological polar surface area (TPSA) is 62.3 Å². The molecule has 0 spiro atoms. The number of halogens is 1. The van der Waals surface area contributed by atoms with Gasteiger partial charge in [-0.05, 0) is 25.0 Å². The number of nitrogens with one attached hydrogen (secondary N) is 1. The Balaban J connectivity index is 1.93. The van der Waals surface area contributed by atoms with Gasteiger partial charge >= 0.3 is 0 Å². The third-order valence-corrected chi connectivity index (χ3v) is 2.60. The van der Waals surface area contributed by atoms with Gasteiger partial charge < -0.3 is 10.2 Å². The molecule has 0 unspecified atom stereocenters. The van der Waals surface area contributed by atoms with Crippen LogP contribution in [0.25, 0.3) is 0 Å². The van der Waals surface area contributed by atoms with E-state index in [9.17, 15) is 14.0 Å². The van der Waals surface area contributed by atoms with Crippen molar-refractivity contribution >= 4 is 11.8 Å². The number of pyridine rings is 1. The van der Waals surface area contributed by atoms with Gasteiger partial charge in [0.1, 0.15) is 5.69 Å². The quantitative estimate of drug-likeness (QED) is 0.796. The van der Waals surface area contributed by atoms with Crippen LogP contribution in [0.15, 0.2) is 18.2 Å². The highest BCUT2D eigenvalue weighted by atomic mass is 19.1. The molecule has 1 aliphatic rings. The fourth-order valence-corrected chi connectivity index (χ4v) is 1.51. The maximum Gasteiger partial charge on any atom is 0.272 e. The first-order valence-corrected chi connectivity index (χ1v) is 5.73. The summed E-state index contributed by atoms with van der Waals surface area (Å²) in [6.07, 6.45) is 1.99. The van der Waals surface area contributed by atoms with E-state index in [-0.39, 0.29) is 24.2 Å². The van der Waals surface area contributed by atoms with Crippen LogP contribution in [0.1, 0.15) is 23.3 Å². The summed E-state index contributed by atoms with van der Waals surface area (Å²) in [5.74, 6) is -1.39. The third kappa shape index (κ3) is 3.26. The van der Waals surface area contributed by atoms with Crippen LogP contribution in [0.5, 0.6) is 0 Å². The molecule has 0 aromatic carbocycles. The highest BCUT2D eigenvalue weighted by molar-refractivity contribution is 5.94. The lowest BCUT2D eigenvalue weighted by atomic mass is 10.3. The molecule has 1 fully saturated rings. The van der Waals surface area contributed by atoms with Crippen LogP contribution >= 0.6 is 0 Å². The molecule has 1 saturated carbocycles. The normalized spacial score (nSPS) is 14.1. The van der Waals surface area contributed by atoms with Gasteiger partial charge in [0.05, 0.1) is 6.54 Å². The molecule has 0 saturated heterocycles. The summed E-state index contributed by atoms with van der Waals surface area (Å²) in [5, 5.41) is 2.78. The van der Waals surface area contributed by atoms with E-state index in [0.717, 1.165) is 18.9 Å². The third-order valence-electron chi connectivity index (χ3n) is 2.60. The fourth-order valence-electron chi connectivity index (χ4n) is 1.51. The van der Waals surface area contributed by atoms with E-state index in [1.807, 2.05) is 0 Å². The van der Waals surface area contributed by atoms with Crippen LogP contribution in [0.3, 0.4) is 0 Å². The van der Waals surface area contributed by atoms with E-state index in [1.54, 1.807) is 0 Å². The Kier molecular flexibility index (Phi) is 3.55. The molecule has 96 valence electrons. The first kappa shape index (κ1) is 12.5. The first-order valence-electron chi connectivity index (χ1n) is 5.73. The summed E-state index contributed by atoms with van der Waals surface area (Å²) >= 11 is 0. The minimum absolute atomic E-state index is 0.00304. The largest absolute Gasteiger partial charge is 0.352 e. The number of carbonyl (C=O) groups is 2. The second-order valence-electron chi connectivity index (χ2n) is 4.35. The molecule has 1 aromatic heterocycles. The molecule has 0 atom stereocenters. The number of rotatable bonds is 4. The number of hydrogen-bond acceptors (Lipinski definition) is 3. The molecule has 0 radical (unpaired) electrons. The van der Waals surface area contributed by atoms with Crippen LogP contribution in [-0.2, 0) is 4.79 Å². The number of nitrogens with zero attached hydrogens (tertiary/aromatic N) is 2. The van der Waals surface area contributed by atoms with Gasteiger partial charge in [-0.15, -0.1) is 0 Å². The van der Waals surface area contributed by atoms with Gasteiger partial charge in [0.2, 0.25) is 11.9 Å². The fraction of sp³-hybridized carbons (Fsp3) is 0.417. The maximum atomic E-state index is 12.9. The van der Waals surface area contributed by atoms with Gasteiger partial charge in [0.25, 0.3) is 5.91 Å². The predicted octanol–water partition coefficient (Wildman–Crippen LogP) is 0.571. The van der Waals surface area contributed by atoms with Crippen molar-refractivity contribution in [2.75, 3.05) is 13.6 Å². The van der Waals surface area contributed by atoms with Crippen LogP contribution in [0.4, 0.5) is 4.39 Å². The summed E-state index contributed by atoms with van der Waals surface area (Å²) in [6, 6.07) is 4.25. The molecule has 18 heavy (non-hydrogen) atoms. The van der Waals surface area contributed by atoms with Crippen LogP contribution < -0.4 is 5.32 Å². The van der Waals surface area contributed by atoms with Crippen LogP contribution in [0, 0.1) is 5.95 Å². The Morgan fingerprint density at radius 3 is 2.83 bits per heavy atom. The second-order valence-corrected chi connectivity index (χ2v) is 4.35. The molecule has 1 N–H and O–H groups in total. The van der Waals surface area contributed by atoms with E-state index < -0.39 is 11.9 Å². The summed E-state index contributed by atoms with van der Waals surface area (Å²) in [7, 11) is 1.49. The van der Waals surface area contributed by atoms with Gasteiger partial charge in [0, 0.05) is 13.1 Å². The zero-order valence-corrected chi connectivity index (χ0v) is 10.0. The van der Waals surface area contributed by atoms with Gasteiger partial charge in [-0.3, -0.25) is 9.59 Å². The molecule has 1 heterocycles. The molecule has 2 amide bonds. The number of amides is 2. The molecule has 5 nitrogen and oxygen atoms in total. The Morgan fingerprint density at radius 1 is 1.50 bits per heavy atom. The second kappa shape index (κ2) is 5.12. The highest BCUT2D eigenvalue weighted by Crippen LogP contribution is 2.18. The molecule has 0 aliphatic heterocycles. The van der Waals surface area contributed by atoms with Gasteiger partial charge in [-0.1, -0.05) is 6.07 Å². The molecular weight excluding hydrogens is 237 g/mol. The van der Waals surface area contributed by atoms with E-state index in [1.165, 1.54) is 24.1 Å². The predicted molar refractivity (Wildman–Crippen MR) is 62.3 cm³/mol. The van der Waals surface area contributed by atoms with Crippen molar-refractivity contribution < 1.29 is 14.0 Å². The SMILES string of the molecule is CN(CC(=O)NC1CC1)C(=O)c1cccc(F)n1. The Morgan fingerprint density at radius 2 is 2.22 bits per heavy atom.